The topological polar surface area (TPSA) is 89.0 Å². The normalized spacial score (nSPS) is 11.0. The van der Waals surface area contributed by atoms with Crippen LogP contribution >= 0.6 is 11.3 Å². The second kappa shape index (κ2) is 8.87. The Morgan fingerprint density at radius 1 is 0.939 bits per heavy atom. The summed E-state index contributed by atoms with van der Waals surface area (Å²) >= 11 is 1.64. The maximum atomic E-state index is 5.51. The average Bonchev–Trinajstić information content (AvgIpc) is 3.53. The van der Waals surface area contributed by atoms with E-state index in [4.69, 9.17) is 14.5 Å². The van der Waals surface area contributed by atoms with E-state index in [9.17, 15) is 0 Å². The fourth-order valence-corrected chi connectivity index (χ4v) is 4.22. The van der Waals surface area contributed by atoms with Gasteiger partial charge in [0.15, 0.2) is 0 Å². The minimum absolute atomic E-state index is 0.584. The number of methoxy groups -OCH3 is 2. The van der Waals surface area contributed by atoms with E-state index >= 15 is 0 Å². The van der Waals surface area contributed by atoms with Crippen molar-refractivity contribution in [3.8, 4) is 22.8 Å². The molecule has 166 valence electrons. The van der Waals surface area contributed by atoms with Crippen molar-refractivity contribution >= 4 is 33.7 Å². The molecule has 0 aliphatic rings. The number of aryl methyl sites for hydroxylation is 1. The molecule has 3 heterocycles. The average molecular weight is 459 g/mol. The molecule has 0 saturated heterocycles. The van der Waals surface area contributed by atoms with E-state index in [0.717, 1.165) is 44.4 Å². The molecule has 8 nitrogen and oxygen atoms in total. The van der Waals surface area contributed by atoms with Crippen LogP contribution in [0.25, 0.3) is 22.3 Å². The zero-order valence-corrected chi connectivity index (χ0v) is 19.3. The van der Waals surface area contributed by atoms with Crippen LogP contribution in [0.5, 0.6) is 11.5 Å². The Hall–Kier alpha value is -3.98. The minimum Gasteiger partial charge on any atom is -0.497 e. The smallest absolute Gasteiger partial charge is 0.124 e. The predicted octanol–water partition coefficient (Wildman–Crippen LogP) is 5.14. The van der Waals surface area contributed by atoms with E-state index in [0.29, 0.717) is 18.0 Å². The SMILES string of the molecule is COc1cc(OC)cc(N(Cc2csc(C)n2)c2ccc3ncc(-c4cn[nH]c4)nc3c2)c1. The Balaban J connectivity index is 1.62. The number of nitrogens with zero attached hydrogens (tertiary/aromatic N) is 5. The molecular weight excluding hydrogens is 436 g/mol. The van der Waals surface area contributed by atoms with Crippen LogP contribution in [-0.2, 0) is 6.54 Å². The van der Waals surface area contributed by atoms with Crippen molar-refractivity contribution in [1.82, 2.24) is 25.1 Å². The Morgan fingerprint density at radius 3 is 2.42 bits per heavy atom. The highest BCUT2D eigenvalue weighted by molar-refractivity contribution is 7.09. The Kier molecular flexibility index (Phi) is 5.62. The highest BCUT2D eigenvalue weighted by atomic mass is 32.1. The zero-order valence-electron chi connectivity index (χ0n) is 18.4. The van der Waals surface area contributed by atoms with Gasteiger partial charge in [-0.1, -0.05) is 0 Å². The van der Waals surface area contributed by atoms with Gasteiger partial charge in [0, 0.05) is 46.7 Å². The molecule has 0 saturated carbocycles. The van der Waals surface area contributed by atoms with Crippen molar-refractivity contribution in [3.05, 3.63) is 71.1 Å². The Bertz CT molecular complexity index is 1380. The van der Waals surface area contributed by atoms with E-state index in [1.54, 1.807) is 44.1 Å². The summed E-state index contributed by atoms with van der Waals surface area (Å²) in [4.78, 5) is 16.2. The molecule has 0 fully saturated rings. The molecule has 0 atom stereocenters. The Morgan fingerprint density at radius 2 is 1.76 bits per heavy atom. The van der Waals surface area contributed by atoms with Crippen LogP contribution < -0.4 is 14.4 Å². The largest absolute Gasteiger partial charge is 0.497 e. The number of hydrogen-bond acceptors (Lipinski definition) is 8. The summed E-state index contributed by atoms with van der Waals surface area (Å²) in [6, 6.07) is 11.9. The maximum absolute atomic E-state index is 5.51. The van der Waals surface area contributed by atoms with Gasteiger partial charge in [-0.25, -0.2) is 9.97 Å². The van der Waals surface area contributed by atoms with Crippen molar-refractivity contribution in [2.75, 3.05) is 19.1 Å². The molecule has 5 aromatic rings. The number of rotatable bonds is 7. The van der Waals surface area contributed by atoms with Crippen LogP contribution in [-0.4, -0.2) is 39.4 Å². The van der Waals surface area contributed by atoms with Gasteiger partial charge < -0.3 is 14.4 Å². The van der Waals surface area contributed by atoms with Gasteiger partial charge in [-0.3, -0.25) is 10.1 Å². The fraction of sp³-hybridized carbons (Fsp3) is 0.167. The molecule has 0 unspecified atom stereocenters. The summed E-state index contributed by atoms with van der Waals surface area (Å²) in [6.45, 7) is 2.59. The number of anilines is 2. The van der Waals surface area contributed by atoms with Crippen LogP contribution in [0.1, 0.15) is 10.7 Å². The number of aromatic nitrogens is 5. The fourth-order valence-electron chi connectivity index (χ4n) is 3.62. The zero-order chi connectivity index (χ0) is 22.8. The first-order valence-corrected chi connectivity index (χ1v) is 11.2. The first-order chi connectivity index (χ1) is 16.1. The lowest BCUT2D eigenvalue weighted by atomic mass is 10.2. The van der Waals surface area contributed by atoms with Crippen molar-refractivity contribution in [2.24, 2.45) is 0 Å². The molecule has 0 aliphatic heterocycles. The van der Waals surface area contributed by atoms with E-state index in [2.05, 4.69) is 30.4 Å². The molecule has 3 aromatic heterocycles. The lowest BCUT2D eigenvalue weighted by Gasteiger charge is -2.25. The summed E-state index contributed by atoms with van der Waals surface area (Å²) in [5.41, 5.74) is 6.13. The number of aromatic amines is 1. The van der Waals surface area contributed by atoms with Crippen molar-refractivity contribution < 1.29 is 9.47 Å². The standard InChI is InChI=1S/C24H22N6O2S/c1-15-28-17(14-33-15)13-30(19-6-20(31-2)9-21(7-19)32-3)18-4-5-22-23(8-18)29-24(12-25-22)16-10-26-27-11-16/h4-12,14H,13H2,1-3H3,(H,26,27). The third-order valence-corrected chi connectivity index (χ3v) is 6.09. The molecule has 33 heavy (non-hydrogen) atoms. The van der Waals surface area contributed by atoms with Gasteiger partial charge >= 0.3 is 0 Å². The first kappa shape index (κ1) is 20.9. The van der Waals surface area contributed by atoms with Crippen LogP contribution in [0.4, 0.5) is 11.4 Å². The van der Waals surface area contributed by atoms with Crippen molar-refractivity contribution in [1.29, 1.82) is 0 Å². The van der Waals surface area contributed by atoms with E-state index < -0.39 is 0 Å². The molecule has 5 rings (SSSR count). The number of fused-ring (bicyclic) bond motifs is 1. The Labute approximate surface area is 194 Å². The van der Waals surface area contributed by atoms with E-state index in [1.165, 1.54) is 0 Å². The van der Waals surface area contributed by atoms with Gasteiger partial charge in [0.1, 0.15) is 11.5 Å². The summed E-state index contributed by atoms with van der Waals surface area (Å²) in [5.74, 6) is 1.43. The van der Waals surface area contributed by atoms with Gasteiger partial charge in [-0.05, 0) is 25.1 Å². The molecule has 9 heteroatoms. The maximum Gasteiger partial charge on any atom is 0.124 e. The minimum atomic E-state index is 0.584. The highest BCUT2D eigenvalue weighted by Gasteiger charge is 2.16. The second-order valence-corrected chi connectivity index (χ2v) is 8.49. The number of ether oxygens (including phenoxy) is 2. The van der Waals surface area contributed by atoms with Crippen LogP contribution in [0.3, 0.4) is 0 Å². The lowest BCUT2D eigenvalue weighted by molar-refractivity contribution is 0.394. The van der Waals surface area contributed by atoms with Gasteiger partial charge in [0.25, 0.3) is 0 Å². The molecule has 0 bridgehead atoms. The molecule has 0 radical (unpaired) electrons. The summed E-state index contributed by atoms with van der Waals surface area (Å²) in [7, 11) is 3.30. The number of thiazole rings is 1. The summed E-state index contributed by atoms with van der Waals surface area (Å²) in [6.07, 6.45) is 5.30. The molecule has 0 spiro atoms. The molecule has 0 aliphatic carbocycles. The quantitative estimate of drug-likeness (QED) is 0.361. The van der Waals surface area contributed by atoms with Crippen LogP contribution in [0.2, 0.25) is 0 Å². The number of H-pyrrole nitrogens is 1. The second-order valence-electron chi connectivity index (χ2n) is 7.43. The summed E-state index contributed by atoms with van der Waals surface area (Å²) < 4.78 is 11.0. The van der Waals surface area contributed by atoms with Gasteiger partial charge in [-0.15, -0.1) is 11.3 Å². The van der Waals surface area contributed by atoms with E-state index in [1.807, 2.05) is 43.3 Å². The van der Waals surface area contributed by atoms with Crippen molar-refractivity contribution in [2.45, 2.75) is 13.5 Å². The third kappa shape index (κ3) is 4.35. The number of hydrogen-bond donors (Lipinski definition) is 1. The predicted molar refractivity (Wildman–Crippen MR) is 129 cm³/mol. The molecule has 1 N–H and O–H groups in total. The highest BCUT2D eigenvalue weighted by Crippen LogP contribution is 2.35. The first-order valence-electron chi connectivity index (χ1n) is 10.3. The molecule has 0 amide bonds. The lowest BCUT2D eigenvalue weighted by Crippen LogP contribution is -2.17. The monoisotopic (exact) mass is 458 g/mol. The van der Waals surface area contributed by atoms with Crippen LogP contribution in [0, 0.1) is 6.92 Å². The van der Waals surface area contributed by atoms with Gasteiger partial charge in [-0.2, -0.15) is 5.10 Å². The van der Waals surface area contributed by atoms with E-state index in [-0.39, 0.29) is 0 Å². The number of benzene rings is 2. The number of nitrogens with one attached hydrogen (secondary N) is 1. The van der Waals surface area contributed by atoms with Crippen LogP contribution in [0.15, 0.2) is 60.4 Å². The third-order valence-electron chi connectivity index (χ3n) is 5.27. The van der Waals surface area contributed by atoms with Gasteiger partial charge in [0.2, 0.25) is 0 Å². The van der Waals surface area contributed by atoms with Gasteiger partial charge in [0.05, 0.1) is 60.6 Å². The summed E-state index contributed by atoms with van der Waals surface area (Å²) in [5, 5.41) is 9.95. The molecular formula is C24H22N6O2S. The van der Waals surface area contributed by atoms with Crippen molar-refractivity contribution in [3.63, 3.8) is 0 Å². The molecule has 2 aromatic carbocycles.